The van der Waals surface area contributed by atoms with Crippen molar-refractivity contribution in [1.29, 1.82) is 0 Å². The van der Waals surface area contributed by atoms with E-state index < -0.39 is 15.8 Å². The number of piperidine rings is 1. The summed E-state index contributed by atoms with van der Waals surface area (Å²) in [6, 6.07) is 3.40. The number of rotatable bonds is 3. The van der Waals surface area contributed by atoms with Crippen molar-refractivity contribution in [2.45, 2.75) is 17.7 Å². The molecule has 1 aliphatic rings. The van der Waals surface area contributed by atoms with Crippen LogP contribution in [-0.2, 0) is 10.0 Å². The van der Waals surface area contributed by atoms with Crippen molar-refractivity contribution >= 4 is 37.6 Å². The van der Waals surface area contributed by atoms with Gasteiger partial charge in [0, 0.05) is 18.4 Å². The van der Waals surface area contributed by atoms with Crippen LogP contribution < -0.4 is 0 Å². The molecule has 106 valence electrons. The first-order chi connectivity index (χ1) is 8.95. The smallest absolute Gasteiger partial charge is 0.207 e. The van der Waals surface area contributed by atoms with Gasteiger partial charge in [0.2, 0.25) is 10.0 Å². The van der Waals surface area contributed by atoms with E-state index in [1.807, 2.05) is 0 Å². The van der Waals surface area contributed by atoms with Crippen molar-refractivity contribution in [3.8, 4) is 0 Å². The Bertz CT molecular complexity index is 559. The highest BCUT2D eigenvalue weighted by Gasteiger charge is 2.30. The molecule has 1 aliphatic heterocycles. The maximum Gasteiger partial charge on any atom is 0.244 e. The number of sulfonamides is 1. The van der Waals surface area contributed by atoms with E-state index in [9.17, 15) is 12.8 Å². The molecule has 1 saturated heterocycles. The zero-order valence-corrected chi connectivity index (χ0v) is 13.3. The number of halogens is 3. The minimum absolute atomic E-state index is 0.0593. The standard InChI is InChI=1S/C12H14BrClFNO2S/c13-8-9-3-5-16(6-4-9)19(17,18)12-7-10(15)1-2-11(12)14/h1-2,7,9H,3-6,8H2. The molecule has 1 aromatic carbocycles. The largest absolute Gasteiger partial charge is 0.244 e. The van der Waals surface area contributed by atoms with Crippen LogP contribution in [0.4, 0.5) is 4.39 Å². The predicted octanol–water partition coefficient (Wildman–Crippen LogP) is 3.27. The molecular formula is C12H14BrClFNO2S. The van der Waals surface area contributed by atoms with Gasteiger partial charge in [-0.1, -0.05) is 27.5 Å². The van der Waals surface area contributed by atoms with Crippen LogP contribution in [0.1, 0.15) is 12.8 Å². The van der Waals surface area contributed by atoms with Crippen LogP contribution in [0.2, 0.25) is 5.02 Å². The molecule has 7 heteroatoms. The minimum Gasteiger partial charge on any atom is -0.207 e. The Balaban J connectivity index is 2.26. The van der Waals surface area contributed by atoms with Crippen molar-refractivity contribution < 1.29 is 12.8 Å². The van der Waals surface area contributed by atoms with E-state index >= 15 is 0 Å². The molecule has 0 amide bonds. The van der Waals surface area contributed by atoms with Crippen molar-refractivity contribution in [3.63, 3.8) is 0 Å². The van der Waals surface area contributed by atoms with E-state index in [1.54, 1.807) is 0 Å². The lowest BCUT2D eigenvalue weighted by Gasteiger charge is -2.30. The highest BCUT2D eigenvalue weighted by Crippen LogP contribution is 2.29. The van der Waals surface area contributed by atoms with Crippen LogP contribution in [-0.4, -0.2) is 31.1 Å². The van der Waals surface area contributed by atoms with E-state index in [-0.39, 0.29) is 9.92 Å². The Labute approximate surface area is 125 Å². The van der Waals surface area contributed by atoms with Crippen LogP contribution in [0, 0.1) is 11.7 Å². The zero-order valence-electron chi connectivity index (χ0n) is 10.2. The molecule has 1 fully saturated rings. The number of alkyl halides is 1. The molecule has 0 spiro atoms. The van der Waals surface area contributed by atoms with Crippen molar-refractivity contribution in [2.75, 3.05) is 18.4 Å². The van der Waals surface area contributed by atoms with Gasteiger partial charge < -0.3 is 0 Å². The van der Waals surface area contributed by atoms with Crippen molar-refractivity contribution in [2.24, 2.45) is 5.92 Å². The molecule has 0 atom stereocenters. The predicted molar refractivity (Wildman–Crippen MR) is 76.7 cm³/mol. The molecule has 0 N–H and O–H groups in total. The summed E-state index contributed by atoms with van der Waals surface area (Å²) in [5.41, 5.74) is 0. The van der Waals surface area contributed by atoms with Gasteiger partial charge >= 0.3 is 0 Å². The van der Waals surface area contributed by atoms with E-state index in [0.717, 1.165) is 30.3 Å². The lowest BCUT2D eigenvalue weighted by atomic mass is 10.0. The average Bonchev–Trinajstić information content (AvgIpc) is 2.41. The fraction of sp³-hybridized carbons (Fsp3) is 0.500. The maximum atomic E-state index is 13.2. The highest BCUT2D eigenvalue weighted by atomic mass is 79.9. The second-order valence-electron chi connectivity index (χ2n) is 4.58. The third-order valence-electron chi connectivity index (χ3n) is 3.30. The van der Waals surface area contributed by atoms with Crippen LogP contribution in [0.3, 0.4) is 0 Å². The Kier molecular flexibility index (Phi) is 4.87. The first-order valence-electron chi connectivity index (χ1n) is 5.96. The number of benzene rings is 1. The normalized spacial score (nSPS) is 18.7. The van der Waals surface area contributed by atoms with Gasteiger partial charge in [0.15, 0.2) is 0 Å². The summed E-state index contributed by atoms with van der Waals surface area (Å²) >= 11 is 9.28. The highest BCUT2D eigenvalue weighted by molar-refractivity contribution is 9.09. The van der Waals surface area contributed by atoms with Gasteiger partial charge in [0.25, 0.3) is 0 Å². The Morgan fingerprint density at radius 1 is 1.37 bits per heavy atom. The summed E-state index contributed by atoms with van der Waals surface area (Å²) in [7, 11) is -3.70. The second-order valence-corrected chi connectivity index (χ2v) is 7.54. The minimum atomic E-state index is -3.70. The van der Waals surface area contributed by atoms with Gasteiger partial charge in [-0.3, -0.25) is 0 Å². The SMILES string of the molecule is O=S(=O)(c1cc(F)ccc1Cl)N1CCC(CBr)CC1. The molecule has 2 rings (SSSR count). The molecule has 3 nitrogen and oxygen atoms in total. The van der Waals surface area contributed by atoms with Crippen LogP contribution in [0.15, 0.2) is 23.1 Å². The molecule has 19 heavy (non-hydrogen) atoms. The van der Waals surface area contributed by atoms with E-state index in [2.05, 4.69) is 15.9 Å². The van der Waals surface area contributed by atoms with Crippen LogP contribution in [0.25, 0.3) is 0 Å². The number of hydrogen-bond acceptors (Lipinski definition) is 2. The Hall–Kier alpha value is -0.170. The third-order valence-corrected chi connectivity index (χ3v) is 6.60. The van der Waals surface area contributed by atoms with Crippen LogP contribution in [0.5, 0.6) is 0 Å². The summed E-state index contributed by atoms with van der Waals surface area (Å²) in [5, 5.41) is 0.936. The first-order valence-corrected chi connectivity index (χ1v) is 8.90. The molecule has 0 radical (unpaired) electrons. The first kappa shape index (κ1) is 15.2. The Morgan fingerprint density at radius 2 is 2.00 bits per heavy atom. The zero-order chi connectivity index (χ0) is 14.0. The third kappa shape index (κ3) is 3.29. The molecule has 1 heterocycles. The van der Waals surface area contributed by atoms with Gasteiger partial charge in [-0.05, 0) is 37.0 Å². The molecule has 0 bridgehead atoms. The van der Waals surface area contributed by atoms with Gasteiger partial charge in [0.1, 0.15) is 10.7 Å². The lowest BCUT2D eigenvalue weighted by Crippen LogP contribution is -2.38. The lowest BCUT2D eigenvalue weighted by molar-refractivity contribution is 0.292. The quantitative estimate of drug-likeness (QED) is 0.766. The monoisotopic (exact) mass is 369 g/mol. The Morgan fingerprint density at radius 3 is 2.58 bits per heavy atom. The van der Waals surface area contributed by atoms with Gasteiger partial charge in [-0.25, -0.2) is 12.8 Å². The number of hydrogen-bond donors (Lipinski definition) is 0. The van der Waals surface area contributed by atoms with Gasteiger partial charge in [-0.2, -0.15) is 4.31 Å². The van der Waals surface area contributed by atoms with Gasteiger partial charge in [0.05, 0.1) is 5.02 Å². The molecular weight excluding hydrogens is 357 g/mol. The summed E-state index contributed by atoms with van der Waals surface area (Å²) in [5.74, 6) is -0.104. The maximum absolute atomic E-state index is 13.2. The van der Waals surface area contributed by atoms with E-state index in [0.29, 0.717) is 19.0 Å². The summed E-state index contributed by atoms with van der Waals surface area (Å²) in [6.07, 6.45) is 1.61. The van der Waals surface area contributed by atoms with E-state index in [1.165, 1.54) is 10.4 Å². The number of nitrogens with zero attached hydrogens (tertiary/aromatic N) is 1. The fourth-order valence-corrected chi connectivity index (χ4v) is 4.72. The molecule has 0 aromatic heterocycles. The average molecular weight is 371 g/mol. The summed E-state index contributed by atoms with van der Waals surface area (Å²) in [4.78, 5) is -0.147. The second kappa shape index (κ2) is 6.08. The van der Waals surface area contributed by atoms with E-state index in [4.69, 9.17) is 11.6 Å². The van der Waals surface area contributed by atoms with Crippen molar-refractivity contribution in [3.05, 3.63) is 29.0 Å². The fourth-order valence-electron chi connectivity index (χ4n) is 2.12. The van der Waals surface area contributed by atoms with Gasteiger partial charge in [-0.15, -0.1) is 0 Å². The molecule has 0 unspecified atom stereocenters. The molecule has 0 saturated carbocycles. The molecule has 1 aromatic rings. The topological polar surface area (TPSA) is 37.4 Å². The summed E-state index contributed by atoms with van der Waals surface area (Å²) < 4.78 is 39.4. The van der Waals surface area contributed by atoms with Crippen LogP contribution >= 0.6 is 27.5 Å². The summed E-state index contributed by atoms with van der Waals surface area (Å²) in [6.45, 7) is 0.900. The van der Waals surface area contributed by atoms with Crippen molar-refractivity contribution in [1.82, 2.24) is 4.31 Å². The molecule has 0 aliphatic carbocycles.